The fraction of sp³-hybridized carbons (Fsp3) is 0.412. The largest absolute Gasteiger partial charge is 0.494 e. The molecule has 0 unspecified atom stereocenters. The number of carbonyl (C=O) groups excluding carboxylic acids is 2. The molecule has 1 saturated carbocycles. The van der Waals surface area contributed by atoms with Gasteiger partial charge in [-0.2, -0.15) is 0 Å². The molecule has 0 bridgehead atoms. The summed E-state index contributed by atoms with van der Waals surface area (Å²) < 4.78 is 45.9. The summed E-state index contributed by atoms with van der Waals surface area (Å²) in [5.41, 5.74) is 0.866. The van der Waals surface area contributed by atoms with Crippen molar-refractivity contribution in [1.29, 1.82) is 0 Å². The minimum Gasteiger partial charge on any atom is -0.494 e. The first kappa shape index (κ1) is 36.2. The Bertz CT molecular complexity index is 1650. The summed E-state index contributed by atoms with van der Waals surface area (Å²) in [7, 11) is -1.49. The molecule has 1 fully saturated rings. The van der Waals surface area contributed by atoms with E-state index in [4.69, 9.17) is 37.4 Å². The number of sulfonamides is 1. The van der Waals surface area contributed by atoms with Crippen LogP contribution in [0.3, 0.4) is 0 Å². The molecule has 254 valence electrons. The molecule has 10 nitrogen and oxygen atoms in total. The normalized spacial score (nSPS) is 13.9. The summed E-state index contributed by atoms with van der Waals surface area (Å²) in [6, 6.07) is 14.8. The average molecular weight is 707 g/mol. The standard InChI is InChI=1S/C34H41Cl2N3O7S/c1-5-30(34(41)37-24-9-7-8-10-24)38(21-23-11-17-28(35)29(36)19-23)33(40)22-39(25-12-14-26(15-13-25)46-6-2)47(42,43)27-16-18-31(44-3)32(20-27)45-4/h11-20,24,30H,5-10,21-22H2,1-4H3,(H,37,41)/t30-/m0/s1. The molecule has 1 atom stereocenters. The molecule has 2 amide bonds. The van der Waals surface area contributed by atoms with Gasteiger partial charge in [-0.25, -0.2) is 8.42 Å². The predicted molar refractivity (Wildman–Crippen MR) is 183 cm³/mol. The predicted octanol–water partition coefficient (Wildman–Crippen LogP) is 6.47. The Morgan fingerprint density at radius 1 is 0.915 bits per heavy atom. The molecule has 0 aliphatic heterocycles. The second kappa shape index (κ2) is 16.4. The van der Waals surface area contributed by atoms with Gasteiger partial charge in [0, 0.05) is 18.7 Å². The Hall–Kier alpha value is -3.67. The van der Waals surface area contributed by atoms with Crippen molar-refractivity contribution in [3.05, 3.63) is 76.3 Å². The first-order valence-electron chi connectivity index (χ1n) is 15.5. The third-order valence-electron chi connectivity index (χ3n) is 8.08. The number of halogens is 2. The highest BCUT2D eigenvalue weighted by molar-refractivity contribution is 7.92. The van der Waals surface area contributed by atoms with Crippen LogP contribution in [-0.2, 0) is 26.2 Å². The molecule has 0 spiro atoms. The zero-order chi connectivity index (χ0) is 34.1. The maximum Gasteiger partial charge on any atom is 0.264 e. The lowest BCUT2D eigenvalue weighted by molar-refractivity contribution is -0.140. The number of hydrogen-bond donors (Lipinski definition) is 1. The molecule has 1 aliphatic rings. The third-order valence-corrected chi connectivity index (χ3v) is 10.6. The monoisotopic (exact) mass is 705 g/mol. The van der Waals surface area contributed by atoms with Crippen LogP contribution in [0.1, 0.15) is 51.5 Å². The minimum absolute atomic E-state index is 0.000159. The van der Waals surface area contributed by atoms with E-state index < -0.39 is 28.5 Å². The van der Waals surface area contributed by atoms with Gasteiger partial charge in [0.15, 0.2) is 11.5 Å². The molecular weight excluding hydrogens is 665 g/mol. The lowest BCUT2D eigenvalue weighted by Gasteiger charge is -2.34. The Kier molecular flexibility index (Phi) is 12.6. The van der Waals surface area contributed by atoms with Gasteiger partial charge < -0.3 is 24.4 Å². The Labute approximate surface area is 286 Å². The number of methoxy groups -OCH3 is 2. The van der Waals surface area contributed by atoms with E-state index in [0.29, 0.717) is 40.1 Å². The number of benzene rings is 3. The molecule has 1 aliphatic carbocycles. The first-order chi connectivity index (χ1) is 22.5. The van der Waals surface area contributed by atoms with E-state index in [2.05, 4.69) is 5.32 Å². The fourth-order valence-corrected chi connectivity index (χ4v) is 7.38. The zero-order valence-corrected chi connectivity index (χ0v) is 29.3. The van der Waals surface area contributed by atoms with Gasteiger partial charge in [-0.15, -0.1) is 0 Å². The van der Waals surface area contributed by atoms with Gasteiger partial charge in [0.2, 0.25) is 11.8 Å². The molecular formula is C34H41Cl2N3O7S. The van der Waals surface area contributed by atoms with Crippen molar-refractivity contribution in [2.24, 2.45) is 0 Å². The van der Waals surface area contributed by atoms with Crippen LogP contribution < -0.4 is 23.8 Å². The van der Waals surface area contributed by atoms with E-state index in [0.717, 1.165) is 30.0 Å². The molecule has 3 aromatic carbocycles. The molecule has 13 heteroatoms. The van der Waals surface area contributed by atoms with Gasteiger partial charge >= 0.3 is 0 Å². The highest BCUT2D eigenvalue weighted by atomic mass is 35.5. The molecule has 0 heterocycles. The summed E-state index contributed by atoms with van der Waals surface area (Å²) in [5, 5.41) is 3.75. The van der Waals surface area contributed by atoms with Crippen LogP contribution in [-0.4, -0.2) is 64.6 Å². The fourth-order valence-electron chi connectivity index (χ4n) is 5.63. The van der Waals surface area contributed by atoms with E-state index in [1.165, 1.54) is 37.3 Å². The quantitative estimate of drug-likeness (QED) is 0.193. The summed E-state index contributed by atoms with van der Waals surface area (Å²) in [5.74, 6) is 0.233. The van der Waals surface area contributed by atoms with Gasteiger partial charge in [0.25, 0.3) is 10.0 Å². The van der Waals surface area contributed by atoms with Crippen LogP contribution in [0, 0.1) is 0 Å². The smallest absolute Gasteiger partial charge is 0.264 e. The van der Waals surface area contributed by atoms with E-state index in [1.54, 1.807) is 42.5 Å². The molecule has 0 radical (unpaired) electrons. The van der Waals surface area contributed by atoms with Crippen LogP contribution >= 0.6 is 23.2 Å². The van der Waals surface area contributed by atoms with Crippen molar-refractivity contribution in [3.8, 4) is 17.2 Å². The molecule has 47 heavy (non-hydrogen) atoms. The number of carbonyl (C=O) groups is 2. The Morgan fingerprint density at radius 3 is 2.19 bits per heavy atom. The Morgan fingerprint density at radius 2 is 1.60 bits per heavy atom. The average Bonchev–Trinajstić information content (AvgIpc) is 3.58. The molecule has 0 saturated heterocycles. The van der Waals surface area contributed by atoms with Crippen molar-refractivity contribution in [1.82, 2.24) is 10.2 Å². The van der Waals surface area contributed by atoms with E-state index >= 15 is 0 Å². The second-order valence-corrected chi connectivity index (χ2v) is 13.8. The highest BCUT2D eigenvalue weighted by Gasteiger charge is 2.35. The van der Waals surface area contributed by atoms with Crippen LogP contribution in [0.15, 0.2) is 65.6 Å². The minimum atomic E-state index is -4.35. The van der Waals surface area contributed by atoms with E-state index in [9.17, 15) is 18.0 Å². The first-order valence-corrected chi connectivity index (χ1v) is 17.7. The lowest BCUT2D eigenvalue weighted by atomic mass is 10.1. The summed E-state index contributed by atoms with van der Waals surface area (Å²) >= 11 is 12.5. The van der Waals surface area contributed by atoms with Gasteiger partial charge in [0.1, 0.15) is 18.3 Å². The van der Waals surface area contributed by atoms with Crippen LogP contribution in [0.5, 0.6) is 17.2 Å². The van der Waals surface area contributed by atoms with Crippen molar-refractivity contribution < 1.29 is 32.2 Å². The third kappa shape index (κ3) is 8.82. The summed E-state index contributed by atoms with van der Waals surface area (Å²) in [6.07, 6.45) is 4.10. The molecule has 3 aromatic rings. The SMILES string of the molecule is CCOc1ccc(N(CC(=O)N(Cc2ccc(Cl)c(Cl)c2)[C@@H](CC)C(=O)NC2CCCC2)S(=O)(=O)c2ccc(OC)c(OC)c2)cc1. The number of ether oxygens (including phenoxy) is 3. The van der Waals surface area contributed by atoms with Crippen molar-refractivity contribution in [2.75, 3.05) is 31.7 Å². The van der Waals surface area contributed by atoms with Crippen LogP contribution in [0.2, 0.25) is 10.0 Å². The maximum atomic E-state index is 14.4. The van der Waals surface area contributed by atoms with E-state index in [1.807, 2.05) is 13.8 Å². The summed E-state index contributed by atoms with van der Waals surface area (Å²) in [6.45, 7) is 3.49. The number of rotatable bonds is 15. The van der Waals surface area contributed by atoms with Crippen molar-refractivity contribution in [2.45, 2.75) is 69.5 Å². The molecule has 4 rings (SSSR count). The van der Waals surface area contributed by atoms with E-state index in [-0.39, 0.29) is 34.8 Å². The molecule has 1 N–H and O–H groups in total. The topological polar surface area (TPSA) is 114 Å². The zero-order valence-electron chi connectivity index (χ0n) is 27.0. The number of hydrogen-bond acceptors (Lipinski definition) is 7. The van der Waals surface area contributed by atoms with Gasteiger partial charge in [-0.1, -0.05) is 49.0 Å². The van der Waals surface area contributed by atoms with Crippen LogP contribution in [0.25, 0.3) is 0 Å². The number of nitrogens with zero attached hydrogens (tertiary/aromatic N) is 2. The van der Waals surface area contributed by atoms with Crippen molar-refractivity contribution >= 4 is 50.7 Å². The van der Waals surface area contributed by atoms with Crippen molar-refractivity contribution in [3.63, 3.8) is 0 Å². The van der Waals surface area contributed by atoms with Gasteiger partial charge in [0.05, 0.1) is 41.5 Å². The number of amides is 2. The van der Waals surface area contributed by atoms with Gasteiger partial charge in [-0.05, 0) is 80.3 Å². The van der Waals surface area contributed by atoms with Crippen LogP contribution in [0.4, 0.5) is 5.69 Å². The Balaban J connectivity index is 1.76. The van der Waals surface area contributed by atoms with Gasteiger partial charge in [-0.3, -0.25) is 13.9 Å². The summed E-state index contributed by atoms with van der Waals surface area (Å²) in [4.78, 5) is 29.4. The molecule has 0 aromatic heterocycles. The highest BCUT2D eigenvalue weighted by Crippen LogP contribution is 2.33. The maximum absolute atomic E-state index is 14.4. The second-order valence-electron chi connectivity index (χ2n) is 11.1. The number of nitrogens with one attached hydrogen (secondary N) is 1. The lowest BCUT2D eigenvalue weighted by Crippen LogP contribution is -2.53. The number of anilines is 1.